The number of aliphatic hydroxyl groups excluding tert-OH is 1. The van der Waals surface area contributed by atoms with Crippen molar-refractivity contribution < 1.29 is 80.2 Å². The van der Waals surface area contributed by atoms with Gasteiger partial charge >= 0.3 is 39.5 Å². The molecule has 0 amide bonds. The Bertz CT molecular complexity index is 2060. The molecule has 0 bridgehead atoms. The zero-order valence-corrected chi connectivity index (χ0v) is 73.0. The molecule has 0 aliphatic rings. The Hall–Kier alpha value is -1.94. The average molecular weight is 1580 g/mol. The van der Waals surface area contributed by atoms with Gasteiger partial charge in [-0.25, -0.2) is 9.13 Å². The molecular formula is C89H174O17P2. The van der Waals surface area contributed by atoms with Crippen molar-refractivity contribution in [1.29, 1.82) is 0 Å². The van der Waals surface area contributed by atoms with Crippen molar-refractivity contribution in [2.45, 2.75) is 496 Å². The minimum absolute atomic E-state index is 0.106. The van der Waals surface area contributed by atoms with Gasteiger partial charge in [0, 0.05) is 25.7 Å². The lowest BCUT2D eigenvalue weighted by atomic mass is 10.0. The van der Waals surface area contributed by atoms with Gasteiger partial charge in [0.25, 0.3) is 0 Å². The van der Waals surface area contributed by atoms with Crippen molar-refractivity contribution in [2.75, 3.05) is 39.6 Å². The molecule has 0 saturated heterocycles. The number of esters is 4. The van der Waals surface area contributed by atoms with Crippen LogP contribution in [-0.2, 0) is 65.4 Å². The maximum atomic E-state index is 13.2. The molecule has 0 spiro atoms. The van der Waals surface area contributed by atoms with Gasteiger partial charge in [0.2, 0.25) is 0 Å². The zero-order valence-electron chi connectivity index (χ0n) is 71.2. The van der Waals surface area contributed by atoms with Gasteiger partial charge in [0.15, 0.2) is 12.2 Å². The van der Waals surface area contributed by atoms with Crippen LogP contribution in [0, 0.1) is 11.8 Å². The molecule has 0 rings (SSSR count). The first kappa shape index (κ1) is 106. The van der Waals surface area contributed by atoms with Crippen molar-refractivity contribution in [3.05, 3.63) is 0 Å². The first-order valence-electron chi connectivity index (χ1n) is 46.0. The molecule has 642 valence electrons. The molecule has 0 fully saturated rings. The highest BCUT2D eigenvalue weighted by Crippen LogP contribution is 2.45. The number of rotatable bonds is 88. The maximum absolute atomic E-state index is 13.2. The Labute approximate surface area is 664 Å². The van der Waals surface area contributed by atoms with E-state index < -0.39 is 97.5 Å². The summed E-state index contributed by atoms with van der Waals surface area (Å²) in [5.74, 6) is -0.610. The summed E-state index contributed by atoms with van der Waals surface area (Å²) in [6, 6.07) is 0. The normalized spacial score (nSPS) is 13.8. The van der Waals surface area contributed by atoms with Crippen molar-refractivity contribution in [1.82, 2.24) is 0 Å². The fourth-order valence-corrected chi connectivity index (χ4v) is 15.5. The smallest absolute Gasteiger partial charge is 0.462 e. The second-order valence-corrected chi connectivity index (χ2v) is 35.8. The molecule has 0 radical (unpaired) electrons. The van der Waals surface area contributed by atoms with Gasteiger partial charge in [-0.15, -0.1) is 0 Å². The molecule has 5 atom stereocenters. The summed E-state index contributed by atoms with van der Waals surface area (Å²) in [4.78, 5) is 73.3. The summed E-state index contributed by atoms with van der Waals surface area (Å²) in [6.45, 7) is 9.64. The van der Waals surface area contributed by atoms with Gasteiger partial charge in [0.05, 0.1) is 26.4 Å². The molecule has 0 saturated carbocycles. The second kappa shape index (κ2) is 80.3. The summed E-state index contributed by atoms with van der Waals surface area (Å²) < 4.78 is 69.0. The molecule has 0 heterocycles. The standard InChI is InChI=1S/C89H174O17P2/c1-7-9-11-13-15-17-19-21-23-25-27-29-31-33-35-37-39-43-47-55-61-67-73-88(93)105-84(77-99-86(91)71-65-59-53-46-42-38-36-34-32-30-28-26-24-22-20-18-16-14-12-10-8-2)79-103-107(95,96)101-75-83(90)76-102-108(97,98)104-80-85(78-100-87(92)72-66-60-54-50-49-52-58-64-70-82(5)6)106-89(94)74-68-62-56-48-44-40-41-45-51-57-63-69-81(3)4/h81-85,90H,7-80H2,1-6H3,(H,95,96)(H,97,98)/t83-,84-,85-/m1/s1. The van der Waals surface area contributed by atoms with Crippen molar-refractivity contribution in [3.63, 3.8) is 0 Å². The van der Waals surface area contributed by atoms with Crippen LogP contribution in [0.2, 0.25) is 0 Å². The van der Waals surface area contributed by atoms with E-state index in [9.17, 15) is 43.2 Å². The Morgan fingerprint density at radius 3 is 0.630 bits per heavy atom. The Morgan fingerprint density at radius 2 is 0.426 bits per heavy atom. The fourth-order valence-electron chi connectivity index (χ4n) is 14.0. The largest absolute Gasteiger partial charge is 0.472 e. The SMILES string of the molecule is CCCCCCCCCCCCCCCCCCCCCCCCC(=O)O[C@H](COC(=O)CCCCCCCCCCCCCCCCCCCCCCC)COP(=O)(O)OC[C@@H](O)COP(=O)(O)OC[C@@H](COC(=O)CCCCCCCCCCC(C)C)OC(=O)CCCCCCCCCCCCCC(C)C. The number of unbranched alkanes of at least 4 members (excludes halogenated alkanes) is 58. The summed E-state index contributed by atoms with van der Waals surface area (Å²) in [5, 5.41) is 10.7. The molecule has 3 N–H and O–H groups in total. The van der Waals surface area contributed by atoms with E-state index in [0.29, 0.717) is 25.7 Å². The van der Waals surface area contributed by atoms with E-state index in [4.69, 9.17) is 37.0 Å². The van der Waals surface area contributed by atoms with E-state index in [1.807, 2.05) is 0 Å². The van der Waals surface area contributed by atoms with E-state index in [0.717, 1.165) is 102 Å². The minimum atomic E-state index is -4.97. The highest BCUT2D eigenvalue weighted by atomic mass is 31.2. The number of hydrogen-bond acceptors (Lipinski definition) is 15. The van der Waals surface area contributed by atoms with Crippen LogP contribution in [0.3, 0.4) is 0 Å². The van der Waals surface area contributed by atoms with Gasteiger partial charge in [-0.2, -0.15) is 0 Å². The zero-order chi connectivity index (χ0) is 79.2. The molecule has 19 heteroatoms. The number of hydrogen-bond donors (Lipinski definition) is 3. The monoisotopic (exact) mass is 1580 g/mol. The first-order chi connectivity index (χ1) is 52.4. The lowest BCUT2D eigenvalue weighted by Crippen LogP contribution is -2.30. The number of carbonyl (C=O) groups excluding carboxylic acids is 4. The third-order valence-electron chi connectivity index (χ3n) is 21.0. The van der Waals surface area contributed by atoms with Gasteiger partial charge in [-0.05, 0) is 37.5 Å². The van der Waals surface area contributed by atoms with Gasteiger partial charge in [-0.1, -0.05) is 427 Å². The van der Waals surface area contributed by atoms with Crippen LogP contribution in [0.5, 0.6) is 0 Å². The number of carbonyl (C=O) groups is 4. The quantitative estimate of drug-likeness (QED) is 0.0222. The number of ether oxygens (including phenoxy) is 4. The summed E-state index contributed by atoms with van der Waals surface area (Å²) >= 11 is 0. The van der Waals surface area contributed by atoms with Crippen molar-refractivity contribution >= 4 is 39.5 Å². The van der Waals surface area contributed by atoms with Gasteiger partial charge in [0.1, 0.15) is 19.3 Å². The maximum Gasteiger partial charge on any atom is 0.472 e. The van der Waals surface area contributed by atoms with Crippen LogP contribution in [-0.4, -0.2) is 96.7 Å². The first-order valence-corrected chi connectivity index (χ1v) is 49.0. The summed E-state index contributed by atoms with van der Waals surface area (Å²) in [6.07, 6.45) is 73.9. The van der Waals surface area contributed by atoms with E-state index in [1.165, 1.54) is 295 Å². The lowest BCUT2D eigenvalue weighted by molar-refractivity contribution is -0.161. The molecule has 0 aromatic rings. The average Bonchev–Trinajstić information content (AvgIpc) is 0.912. The molecule has 0 aliphatic heterocycles. The molecule has 0 aliphatic carbocycles. The molecular weight excluding hydrogens is 1400 g/mol. The van der Waals surface area contributed by atoms with Crippen molar-refractivity contribution in [2.24, 2.45) is 11.8 Å². The third-order valence-corrected chi connectivity index (χ3v) is 22.9. The van der Waals surface area contributed by atoms with Crippen LogP contribution in [0.1, 0.15) is 478 Å². The fraction of sp³-hybridized carbons (Fsp3) is 0.955. The highest BCUT2D eigenvalue weighted by molar-refractivity contribution is 7.47. The van der Waals surface area contributed by atoms with Crippen LogP contribution in [0.4, 0.5) is 0 Å². The lowest BCUT2D eigenvalue weighted by Gasteiger charge is -2.21. The van der Waals surface area contributed by atoms with Gasteiger partial charge in [-0.3, -0.25) is 37.3 Å². The van der Waals surface area contributed by atoms with Crippen LogP contribution in [0.15, 0.2) is 0 Å². The van der Waals surface area contributed by atoms with E-state index in [1.54, 1.807) is 0 Å². The Kier molecular flexibility index (Phi) is 78.8. The van der Waals surface area contributed by atoms with Crippen LogP contribution in [0.25, 0.3) is 0 Å². The Balaban J connectivity index is 5.22. The molecule has 2 unspecified atom stereocenters. The Morgan fingerprint density at radius 1 is 0.250 bits per heavy atom. The van der Waals surface area contributed by atoms with E-state index in [2.05, 4.69) is 41.5 Å². The summed E-state index contributed by atoms with van der Waals surface area (Å²) in [5.41, 5.74) is 0. The molecule has 0 aromatic carbocycles. The highest BCUT2D eigenvalue weighted by Gasteiger charge is 2.31. The summed E-state index contributed by atoms with van der Waals surface area (Å²) in [7, 11) is -9.93. The van der Waals surface area contributed by atoms with Gasteiger partial charge < -0.3 is 33.8 Å². The van der Waals surface area contributed by atoms with E-state index in [-0.39, 0.29) is 25.7 Å². The third kappa shape index (κ3) is 82.1. The van der Waals surface area contributed by atoms with Crippen LogP contribution >= 0.6 is 15.6 Å². The molecule has 108 heavy (non-hydrogen) atoms. The predicted molar refractivity (Wildman–Crippen MR) is 446 cm³/mol. The number of aliphatic hydroxyl groups is 1. The predicted octanol–water partition coefficient (Wildman–Crippen LogP) is 27.4. The number of phosphoric ester groups is 2. The van der Waals surface area contributed by atoms with Crippen LogP contribution < -0.4 is 0 Å². The number of phosphoric acid groups is 2. The topological polar surface area (TPSA) is 237 Å². The molecule has 0 aromatic heterocycles. The molecule has 17 nitrogen and oxygen atoms in total. The second-order valence-electron chi connectivity index (χ2n) is 32.9. The van der Waals surface area contributed by atoms with E-state index >= 15 is 0 Å². The van der Waals surface area contributed by atoms with Crippen molar-refractivity contribution in [3.8, 4) is 0 Å². The minimum Gasteiger partial charge on any atom is -0.462 e.